The van der Waals surface area contributed by atoms with Gasteiger partial charge in [-0.1, -0.05) is 11.8 Å². The fourth-order valence-electron chi connectivity index (χ4n) is 1.01. The Morgan fingerprint density at radius 1 is 1.40 bits per heavy atom. The lowest BCUT2D eigenvalue weighted by atomic mass is 10.4. The van der Waals surface area contributed by atoms with Crippen LogP contribution in [-0.2, 0) is 5.75 Å². The van der Waals surface area contributed by atoms with E-state index in [-0.39, 0.29) is 0 Å². The zero-order valence-electron chi connectivity index (χ0n) is 7.97. The Morgan fingerprint density at radius 2 is 2.27 bits per heavy atom. The number of thioether (sulfide) groups is 1. The quantitative estimate of drug-likeness (QED) is 0.585. The summed E-state index contributed by atoms with van der Waals surface area (Å²) >= 11 is 1.37. The molecular formula is C9H8N2O3S. The van der Waals surface area contributed by atoms with Crippen molar-refractivity contribution in [3.63, 3.8) is 0 Å². The smallest absolute Gasteiger partial charge is 0.277 e. The molecule has 2 aromatic heterocycles. The minimum atomic E-state index is 0.326. The van der Waals surface area contributed by atoms with Gasteiger partial charge in [0, 0.05) is 6.92 Å². The number of hydrogen-bond acceptors (Lipinski definition) is 6. The van der Waals surface area contributed by atoms with Crippen molar-refractivity contribution < 1.29 is 13.6 Å². The lowest BCUT2D eigenvalue weighted by Gasteiger charge is -1.91. The number of rotatable bonds is 4. The van der Waals surface area contributed by atoms with Gasteiger partial charge in [0.1, 0.15) is 5.76 Å². The molecule has 0 saturated heterocycles. The van der Waals surface area contributed by atoms with E-state index in [1.165, 1.54) is 11.8 Å². The van der Waals surface area contributed by atoms with Crippen LogP contribution in [0.5, 0.6) is 0 Å². The van der Waals surface area contributed by atoms with Crippen LogP contribution in [-0.4, -0.2) is 16.5 Å². The van der Waals surface area contributed by atoms with E-state index < -0.39 is 0 Å². The summed E-state index contributed by atoms with van der Waals surface area (Å²) in [6.45, 7) is 1.73. The van der Waals surface area contributed by atoms with Crippen molar-refractivity contribution in [2.75, 3.05) is 0 Å². The van der Waals surface area contributed by atoms with Crippen LogP contribution in [0.1, 0.15) is 22.2 Å². The maximum Gasteiger partial charge on any atom is 0.277 e. The number of aldehydes is 1. The zero-order valence-corrected chi connectivity index (χ0v) is 8.78. The SMILES string of the molecule is Cc1nnc(SCc2ccc(C=O)o2)o1. The fourth-order valence-corrected chi connectivity index (χ4v) is 1.70. The third kappa shape index (κ3) is 2.47. The van der Waals surface area contributed by atoms with E-state index in [0.717, 1.165) is 0 Å². The molecule has 0 saturated carbocycles. The summed E-state index contributed by atoms with van der Waals surface area (Å²) < 4.78 is 10.4. The van der Waals surface area contributed by atoms with Gasteiger partial charge in [-0.2, -0.15) is 0 Å². The Hall–Kier alpha value is -1.56. The second-order valence-corrected chi connectivity index (χ2v) is 3.72. The van der Waals surface area contributed by atoms with E-state index in [2.05, 4.69) is 10.2 Å². The molecule has 0 aliphatic carbocycles. The molecule has 2 heterocycles. The first-order chi connectivity index (χ1) is 7.28. The highest BCUT2D eigenvalue weighted by Gasteiger charge is 2.06. The van der Waals surface area contributed by atoms with Crippen LogP contribution < -0.4 is 0 Å². The minimum Gasteiger partial charge on any atom is -0.457 e. The largest absolute Gasteiger partial charge is 0.457 e. The van der Waals surface area contributed by atoms with Crippen molar-refractivity contribution in [1.29, 1.82) is 0 Å². The predicted octanol–water partition coefficient (Wildman–Crippen LogP) is 2.08. The minimum absolute atomic E-state index is 0.326. The highest BCUT2D eigenvalue weighted by molar-refractivity contribution is 7.98. The van der Waals surface area contributed by atoms with E-state index in [4.69, 9.17) is 8.83 Å². The van der Waals surface area contributed by atoms with Crippen LogP contribution in [0.25, 0.3) is 0 Å². The summed E-state index contributed by atoms with van der Waals surface area (Å²) in [6.07, 6.45) is 0.672. The van der Waals surface area contributed by atoms with Gasteiger partial charge in [0.2, 0.25) is 5.89 Å². The van der Waals surface area contributed by atoms with E-state index in [9.17, 15) is 4.79 Å². The highest BCUT2D eigenvalue weighted by atomic mass is 32.2. The summed E-state index contributed by atoms with van der Waals surface area (Å²) in [7, 11) is 0. The first-order valence-corrected chi connectivity index (χ1v) is 5.23. The molecule has 15 heavy (non-hydrogen) atoms. The Morgan fingerprint density at radius 3 is 2.87 bits per heavy atom. The van der Waals surface area contributed by atoms with Crippen molar-refractivity contribution >= 4 is 18.0 Å². The summed E-state index contributed by atoms with van der Waals surface area (Å²) in [5.74, 6) is 2.13. The van der Waals surface area contributed by atoms with Crippen molar-refractivity contribution in [1.82, 2.24) is 10.2 Å². The van der Waals surface area contributed by atoms with Crippen LogP contribution in [0.2, 0.25) is 0 Å². The topological polar surface area (TPSA) is 69.1 Å². The molecule has 0 amide bonds. The lowest BCUT2D eigenvalue weighted by molar-refractivity contribution is 0.109. The van der Waals surface area contributed by atoms with Crippen LogP contribution in [0.4, 0.5) is 0 Å². The fraction of sp³-hybridized carbons (Fsp3) is 0.222. The van der Waals surface area contributed by atoms with Crippen molar-refractivity contribution in [3.8, 4) is 0 Å². The van der Waals surface area contributed by atoms with E-state index in [0.29, 0.717) is 34.7 Å². The zero-order chi connectivity index (χ0) is 10.7. The van der Waals surface area contributed by atoms with Gasteiger partial charge in [-0.3, -0.25) is 4.79 Å². The molecule has 0 aliphatic rings. The van der Waals surface area contributed by atoms with E-state index >= 15 is 0 Å². The van der Waals surface area contributed by atoms with Gasteiger partial charge in [0.05, 0.1) is 5.75 Å². The molecule has 0 spiro atoms. The molecule has 0 unspecified atom stereocenters. The van der Waals surface area contributed by atoms with E-state index in [1.807, 2.05) is 0 Å². The second-order valence-electron chi connectivity index (χ2n) is 2.80. The molecule has 0 atom stereocenters. The van der Waals surface area contributed by atoms with Crippen LogP contribution >= 0.6 is 11.8 Å². The molecule has 0 N–H and O–H groups in total. The van der Waals surface area contributed by atoms with Crippen molar-refractivity contribution in [3.05, 3.63) is 29.5 Å². The number of nitrogens with zero attached hydrogens (tertiary/aromatic N) is 2. The number of furan rings is 1. The van der Waals surface area contributed by atoms with Crippen LogP contribution in [0.3, 0.4) is 0 Å². The summed E-state index contributed by atoms with van der Waals surface area (Å²) in [4.78, 5) is 10.4. The first-order valence-electron chi connectivity index (χ1n) is 4.25. The lowest BCUT2D eigenvalue weighted by Crippen LogP contribution is -1.76. The molecule has 78 valence electrons. The third-order valence-electron chi connectivity index (χ3n) is 1.64. The molecular weight excluding hydrogens is 216 g/mol. The number of carbonyl (C=O) groups is 1. The van der Waals surface area contributed by atoms with Crippen LogP contribution in [0, 0.1) is 6.92 Å². The average Bonchev–Trinajstić information content (AvgIpc) is 2.83. The third-order valence-corrected chi connectivity index (χ3v) is 2.48. The van der Waals surface area contributed by atoms with Gasteiger partial charge < -0.3 is 8.83 Å². The molecule has 0 aliphatic heterocycles. The molecule has 0 aromatic carbocycles. The molecule has 6 heteroatoms. The van der Waals surface area contributed by atoms with Gasteiger partial charge in [-0.25, -0.2) is 0 Å². The number of hydrogen-bond donors (Lipinski definition) is 0. The number of aromatic nitrogens is 2. The summed E-state index contributed by atoms with van der Waals surface area (Å²) in [5, 5.41) is 8.02. The number of carbonyl (C=O) groups excluding carboxylic acids is 1. The number of aryl methyl sites for hydroxylation is 1. The van der Waals surface area contributed by atoms with Crippen molar-refractivity contribution in [2.24, 2.45) is 0 Å². The normalized spacial score (nSPS) is 10.5. The molecule has 2 aromatic rings. The highest BCUT2D eigenvalue weighted by Crippen LogP contribution is 2.21. The predicted molar refractivity (Wildman–Crippen MR) is 52.7 cm³/mol. The van der Waals surface area contributed by atoms with E-state index in [1.54, 1.807) is 19.1 Å². The van der Waals surface area contributed by atoms with Crippen LogP contribution in [0.15, 0.2) is 26.2 Å². The Kier molecular flexibility index (Phi) is 2.86. The van der Waals surface area contributed by atoms with Gasteiger partial charge in [-0.05, 0) is 12.1 Å². The Labute approximate surface area is 89.9 Å². The molecule has 0 fully saturated rings. The monoisotopic (exact) mass is 224 g/mol. The van der Waals surface area contributed by atoms with Gasteiger partial charge >= 0.3 is 0 Å². The summed E-state index contributed by atoms with van der Waals surface area (Å²) in [6, 6.07) is 3.38. The first kappa shape index (κ1) is 9.97. The molecule has 2 rings (SSSR count). The maximum absolute atomic E-state index is 10.4. The Balaban J connectivity index is 1.95. The molecule has 0 bridgehead atoms. The van der Waals surface area contributed by atoms with Crippen molar-refractivity contribution in [2.45, 2.75) is 17.9 Å². The second kappa shape index (κ2) is 4.31. The standard InChI is InChI=1S/C9H8N2O3S/c1-6-10-11-9(13-6)15-5-8-3-2-7(4-12)14-8/h2-4H,5H2,1H3. The van der Waals surface area contributed by atoms with Gasteiger partial charge in [0.25, 0.3) is 5.22 Å². The van der Waals surface area contributed by atoms with Gasteiger partial charge in [-0.15, -0.1) is 10.2 Å². The van der Waals surface area contributed by atoms with Gasteiger partial charge in [0.15, 0.2) is 12.0 Å². The maximum atomic E-state index is 10.4. The molecule has 0 radical (unpaired) electrons. The Bertz CT molecular complexity index is 463. The summed E-state index contributed by atoms with van der Waals surface area (Å²) in [5.41, 5.74) is 0. The molecule has 5 nitrogen and oxygen atoms in total. The average molecular weight is 224 g/mol.